The van der Waals surface area contributed by atoms with Gasteiger partial charge in [0.25, 0.3) is 0 Å². The molecule has 0 atom stereocenters. The lowest BCUT2D eigenvalue weighted by Crippen LogP contribution is -2.03. The van der Waals surface area contributed by atoms with Crippen molar-refractivity contribution in [3.05, 3.63) is 34.9 Å². The molecule has 0 unspecified atom stereocenters. The molecule has 0 amide bonds. The molecule has 0 aliphatic carbocycles. The SMILES string of the molecule is CC.CC.COC(=O)c1ccc(CCO)c(C)c1. The maximum absolute atomic E-state index is 11.2. The van der Waals surface area contributed by atoms with Gasteiger partial charge in [-0.1, -0.05) is 33.8 Å². The Morgan fingerprint density at radius 2 is 1.78 bits per heavy atom. The molecule has 0 fully saturated rings. The number of carbonyl (C=O) groups excluding carboxylic acids is 1. The Hall–Kier alpha value is -1.35. The lowest BCUT2D eigenvalue weighted by molar-refractivity contribution is 0.0600. The average molecular weight is 254 g/mol. The summed E-state index contributed by atoms with van der Waals surface area (Å²) in [5.41, 5.74) is 2.61. The molecule has 0 aliphatic heterocycles. The van der Waals surface area contributed by atoms with E-state index >= 15 is 0 Å². The first kappa shape index (κ1) is 19.0. The third-order valence-corrected chi connectivity index (χ3v) is 2.14. The molecule has 1 rings (SSSR count). The highest BCUT2D eigenvalue weighted by molar-refractivity contribution is 5.89. The van der Waals surface area contributed by atoms with Crippen LogP contribution in [0.5, 0.6) is 0 Å². The Morgan fingerprint density at radius 3 is 2.17 bits per heavy atom. The summed E-state index contributed by atoms with van der Waals surface area (Å²) in [5.74, 6) is -0.330. The zero-order valence-corrected chi connectivity index (χ0v) is 12.4. The van der Waals surface area contributed by atoms with Crippen LogP contribution in [0.4, 0.5) is 0 Å². The lowest BCUT2D eigenvalue weighted by Gasteiger charge is -2.05. The van der Waals surface area contributed by atoms with Crippen molar-refractivity contribution in [1.29, 1.82) is 0 Å². The molecule has 0 aromatic heterocycles. The van der Waals surface area contributed by atoms with Gasteiger partial charge in [-0.15, -0.1) is 0 Å². The number of rotatable bonds is 3. The molecule has 0 bridgehead atoms. The number of hydrogen-bond acceptors (Lipinski definition) is 3. The minimum Gasteiger partial charge on any atom is -0.465 e. The van der Waals surface area contributed by atoms with Crippen LogP contribution in [0.1, 0.15) is 49.2 Å². The molecule has 0 radical (unpaired) electrons. The van der Waals surface area contributed by atoms with Crippen molar-refractivity contribution in [2.45, 2.75) is 41.0 Å². The van der Waals surface area contributed by atoms with Crippen molar-refractivity contribution < 1.29 is 14.6 Å². The smallest absolute Gasteiger partial charge is 0.337 e. The van der Waals surface area contributed by atoms with Crippen LogP contribution in [0.25, 0.3) is 0 Å². The molecule has 104 valence electrons. The summed E-state index contributed by atoms with van der Waals surface area (Å²) in [6.07, 6.45) is 0.618. The molecular formula is C15H26O3. The Balaban J connectivity index is 0. The average Bonchev–Trinajstić information content (AvgIpc) is 2.45. The summed E-state index contributed by atoms with van der Waals surface area (Å²) >= 11 is 0. The van der Waals surface area contributed by atoms with E-state index in [4.69, 9.17) is 5.11 Å². The second kappa shape index (κ2) is 12.1. The van der Waals surface area contributed by atoms with Crippen LogP contribution >= 0.6 is 0 Å². The van der Waals surface area contributed by atoms with Crippen molar-refractivity contribution in [3.8, 4) is 0 Å². The fraction of sp³-hybridized carbons (Fsp3) is 0.533. The number of aryl methyl sites for hydroxylation is 1. The van der Waals surface area contributed by atoms with E-state index in [0.29, 0.717) is 12.0 Å². The topological polar surface area (TPSA) is 46.5 Å². The van der Waals surface area contributed by atoms with Crippen molar-refractivity contribution in [1.82, 2.24) is 0 Å². The lowest BCUT2D eigenvalue weighted by atomic mass is 10.0. The third-order valence-electron chi connectivity index (χ3n) is 2.14. The fourth-order valence-electron chi connectivity index (χ4n) is 1.34. The molecule has 0 heterocycles. The van der Waals surface area contributed by atoms with Crippen LogP contribution in [0.2, 0.25) is 0 Å². The highest BCUT2D eigenvalue weighted by atomic mass is 16.5. The normalized spacial score (nSPS) is 8.39. The Bertz CT molecular complexity index is 333. The second-order valence-corrected chi connectivity index (χ2v) is 3.11. The fourth-order valence-corrected chi connectivity index (χ4v) is 1.34. The number of methoxy groups -OCH3 is 1. The van der Waals surface area contributed by atoms with E-state index in [2.05, 4.69) is 4.74 Å². The van der Waals surface area contributed by atoms with Gasteiger partial charge in [0, 0.05) is 6.61 Å². The molecule has 0 aliphatic rings. The van der Waals surface area contributed by atoms with E-state index < -0.39 is 0 Å². The van der Waals surface area contributed by atoms with Gasteiger partial charge >= 0.3 is 5.97 Å². The van der Waals surface area contributed by atoms with Gasteiger partial charge in [-0.3, -0.25) is 0 Å². The van der Waals surface area contributed by atoms with Crippen LogP contribution in [0.15, 0.2) is 18.2 Å². The summed E-state index contributed by atoms with van der Waals surface area (Å²) in [4.78, 5) is 11.2. The minimum atomic E-state index is -0.330. The Kier molecular flexibility index (Phi) is 12.8. The number of hydrogen-bond donors (Lipinski definition) is 1. The monoisotopic (exact) mass is 254 g/mol. The van der Waals surface area contributed by atoms with Crippen molar-refractivity contribution >= 4 is 5.97 Å². The largest absolute Gasteiger partial charge is 0.465 e. The van der Waals surface area contributed by atoms with Crippen molar-refractivity contribution in [3.63, 3.8) is 0 Å². The third kappa shape index (κ3) is 6.40. The van der Waals surface area contributed by atoms with Crippen molar-refractivity contribution in [2.24, 2.45) is 0 Å². The van der Waals surface area contributed by atoms with E-state index in [-0.39, 0.29) is 12.6 Å². The van der Waals surface area contributed by atoms with Gasteiger partial charge in [0.05, 0.1) is 12.7 Å². The Labute approximate surface area is 111 Å². The first-order valence-corrected chi connectivity index (χ1v) is 6.47. The summed E-state index contributed by atoms with van der Waals surface area (Å²) in [6.45, 7) is 10.0. The minimum absolute atomic E-state index is 0.123. The first-order chi connectivity index (χ1) is 8.69. The van der Waals surface area contributed by atoms with E-state index in [1.54, 1.807) is 12.1 Å². The number of benzene rings is 1. The van der Waals surface area contributed by atoms with Crippen LogP contribution in [0, 0.1) is 6.92 Å². The quantitative estimate of drug-likeness (QED) is 0.841. The Morgan fingerprint density at radius 1 is 1.22 bits per heavy atom. The maximum atomic E-state index is 11.2. The van der Waals surface area contributed by atoms with Gasteiger partial charge in [0.2, 0.25) is 0 Å². The highest BCUT2D eigenvalue weighted by Gasteiger charge is 2.06. The molecule has 1 N–H and O–H groups in total. The number of aliphatic hydroxyl groups excluding tert-OH is 1. The first-order valence-electron chi connectivity index (χ1n) is 6.47. The highest BCUT2D eigenvalue weighted by Crippen LogP contribution is 2.12. The molecule has 0 spiro atoms. The number of ether oxygens (including phenoxy) is 1. The summed E-state index contributed by atoms with van der Waals surface area (Å²) in [5, 5.41) is 8.78. The van der Waals surface area contributed by atoms with Gasteiger partial charge in [-0.2, -0.15) is 0 Å². The molecule has 3 nitrogen and oxygen atoms in total. The van der Waals surface area contributed by atoms with Crippen LogP contribution in [-0.2, 0) is 11.2 Å². The van der Waals surface area contributed by atoms with E-state index in [9.17, 15) is 4.79 Å². The zero-order valence-electron chi connectivity index (χ0n) is 12.4. The predicted octanol–water partition coefficient (Wildman–Crippen LogP) is 3.37. The maximum Gasteiger partial charge on any atom is 0.337 e. The summed E-state index contributed by atoms with van der Waals surface area (Å²) in [7, 11) is 1.36. The number of aliphatic hydroxyl groups is 1. The van der Waals surface area contributed by atoms with Crippen LogP contribution in [0.3, 0.4) is 0 Å². The molecule has 1 aromatic rings. The van der Waals surface area contributed by atoms with Crippen LogP contribution in [-0.4, -0.2) is 24.8 Å². The predicted molar refractivity (Wildman–Crippen MR) is 76.0 cm³/mol. The van der Waals surface area contributed by atoms with Gasteiger partial charge < -0.3 is 9.84 Å². The molecule has 18 heavy (non-hydrogen) atoms. The van der Waals surface area contributed by atoms with E-state index in [1.807, 2.05) is 40.7 Å². The molecule has 1 aromatic carbocycles. The van der Waals surface area contributed by atoms with Crippen LogP contribution < -0.4 is 0 Å². The zero-order chi connectivity index (χ0) is 14.6. The van der Waals surface area contributed by atoms with Gasteiger partial charge in [-0.25, -0.2) is 4.79 Å². The van der Waals surface area contributed by atoms with E-state index in [0.717, 1.165) is 11.1 Å². The summed E-state index contributed by atoms with van der Waals surface area (Å²) < 4.78 is 4.60. The molecular weight excluding hydrogens is 228 g/mol. The second-order valence-electron chi connectivity index (χ2n) is 3.11. The van der Waals surface area contributed by atoms with Crippen molar-refractivity contribution in [2.75, 3.05) is 13.7 Å². The van der Waals surface area contributed by atoms with Gasteiger partial charge in [-0.05, 0) is 36.6 Å². The molecule has 3 heteroatoms. The number of esters is 1. The number of carbonyl (C=O) groups is 1. The van der Waals surface area contributed by atoms with Gasteiger partial charge in [0.15, 0.2) is 0 Å². The molecule has 0 saturated heterocycles. The molecule has 0 saturated carbocycles. The summed E-state index contributed by atoms with van der Waals surface area (Å²) in [6, 6.07) is 5.33. The van der Waals surface area contributed by atoms with E-state index in [1.165, 1.54) is 7.11 Å². The standard InChI is InChI=1S/C11H14O3.2C2H6/c1-8-7-10(11(13)14-2)4-3-9(8)5-6-12;2*1-2/h3-4,7,12H,5-6H2,1-2H3;2*1-2H3. The van der Waals surface area contributed by atoms with Gasteiger partial charge in [0.1, 0.15) is 0 Å².